The third-order valence-corrected chi connectivity index (χ3v) is 1.68. The van der Waals surface area contributed by atoms with E-state index in [4.69, 9.17) is 21.9 Å². The fourth-order valence-electron chi connectivity index (χ4n) is 1.19. The van der Waals surface area contributed by atoms with Crippen molar-refractivity contribution in [3.63, 3.8) is 0 Å². The number of rotatable bonds is 3. The van der Waals surface area contributed by atoms with Crippen LogP contribution in [0, 0.1) is 0 Å². The molecule has 0 atom stereocenters. The molecular weight excluding hydrogens is 218 g/mol. The van der Waals surface area contributed by atoms with Crippen LogP contribution in [0.4, 0.5) is 5.69 Å². The van der Waals surface area contributed by atoms with Crippen LogP contribution < -0.4 is 21.9 Å². The first-order chi connectivity index (χ1) is 7.97. The Morgan fingerprint density at radius 2 is 1.94 bits per heavy atom. The second kappa shape index (κ2) is 5.74. The third kappa shape index (κ3) is 4.87. The fourth-order valence-corrected chi connectivity index (χ4v) is 1.19. The number of nitrogens with zero attached hydrogens (tertiary/aromatic N) is 2. The summed E-state index contributed by atoms with van der Waals surface area (Å²) in [4.78, 5) is 7.66. The van der Waals surface area contributed by atoms with E-state index in [2.05, 4.69) is 9.98 Å². The van der Waals surface area contributed by atoms with Gasteiger partial charge in [-0.05, 0) is 26.0 Å². The predicted octanol–water partition coefficient (Wildman–Crippen LogP) is 0.693. The normalized spacial score (nSPS) is 11.4. The average molecular weight is 235 g/mol. The number of hydrogen-bond acceptors (Lipinski definition) is 2. The van der Waals surface area contributed by atoms with Gasteiger partial charge < -0.3 is 21.9 Å². The molecule has 0 aliphatic carbocycles. The van der Waals surface area contributed by atoms with Crippen LogP contribution in [0.15, 0.2) is 34.3 Å². The van der Waals surface area contributed by atoms with Crippen molar-refractivity contribution in [2.45, 2.75) is 20.0 Å². The van der Waals surface area contributed by atoms with E-state index in [0.29, 0.717) is 5.69 Å². The molecular formula is C11H17N5O. The molecule has 0 unspecified atom stereocenters. The van der Waals surface area contributed by atoms with Gasteiger partial charge in [0, 0.05) is 6.07 Å². The van der Waals surface area contributed by atoms with Crippen LogP contribution in [0.3, 0.4) is 0 Å². The molecule has 0 aliphatic heterocycles. The standard InChI is InChI=1S/C11H17N5O/c1-7(2)17-9-5-3-4-8(6-9)15-11(14)16-10(12)13/h3-7H,1-2H3,(H6,12,13,14,15,16). The maximum Gasteiger partial charge on any atom is 0.223 e. The Bertz CT molecular complexity index is 435. The molecule has 6 N–H and O–H groups in total. The molecule has 17 heavy (non-hydrogen) atoms. The molecule has 1 aromatic rings. The van der Waals surface area contributed by atoms with Gasteiger partial charge in [-0.2, -0.15) is 4.99 Å². The van der Waals surface area contributed by atoms with Gasteiger partial charge >= 0.3 is 0 Å². The number of ether oxygens (including phenoxy) is 1. The second-order valence-corrected chi connectivity index (χ2v) is 3.67. The molecule has 0 heterocycles. The summed E-state index contributed by atoms with van der Waals surface area (Å²) in [6, 6.07) is 7.20. The number of nitrogens with two attached hydrogens (primary N) is 3. The Kier molecular flexibility index (Phi) is 4.33. The number of hydrogen-bond donors (Lipinski definition) is 3. The Hall–Kier alpha value is -2.24. The molecule has 1 aromatic carbocycles. The predicted molar refractivity (Wildman–Crippen MR) is 69.3 cm³/mol. The molecule has 6 heteroatoms. The van der Waals surface area contributed by atoms with Gasteiger partial charge in [0.25, 0.3) is 0 Å². The highest BCUT2D eigenvalue weighted by Gasteiger charge is 1.99. The lowest BCUT2D eigenvalue weighted by atomic mass is 10.3. The number of aliphatic imine (C=N–C) groups is 2. The van der Waals surface area contributed by atoms with Crippen molar-refractivity contribution < 1.29 is 4.74 Å². The van der Waals surface area contributed by atoms with Gasteiger partial charge in [-0.3, -0.25) is 0 Å². The Labute approximate surface area is 100 Å². The van der Waals surface area contributed by atoms with E-state index in [1.54, 1.807) is 12.1 Å². The van der Waals surface area contributed by atoms with Crippen molar-refractivity contribution in [1.29, 1.82) is 0 Å². The zero-order chi connectivity index (χ0) is 12.8. The lowest BCUT2D eigenvalue weighted by Crippen LogP contribution is -2.26. The van der Waals surface area contributed by atoms with Crippen LogP contribution in [0.25, 0.3) is 0 Å². The van der Waals surface area contributed by atoms with E-state index in [1.807, 2.05) is 26.0 Å². The maximum atomic E-state index is 5.52. The van der Waals surface area contributed by atoms with Crippen LogP contribution >= 0.6 is 0 Å². The van der Waals surface area contributed by atoms with Gasteiger partial charge in [-0.1, -0.05) is 6.07 Å². The van der Waals surface area contributed by atoms with E-state index >= 15 is 0 Å². The number of guanidine groups is 2. The molecule has 0 aromatic heterocycles. The summed E-state index contributed by atoms with van der Waals surface area (Å²) in [6.45, 7) is 3.90. The molecule has 0 saturated carbocycles. The highest BCUT2D eigenvalue weighted by Crippen LogP contribution is 2.20. The molecule has 0 bridgehead atoms. The SMILES string of the molecule is CC(C)Oc1cccc(N=C(N)N=C(N)N)c1. The highest BCUT2D eigenvalue weighted by atomic mass is 16.5. The lowest BCUT2D eigenvalue weighted by Gasteiger charge is -2.09. The smallest absolute Gasteiger partial charge is 0.223 e. The highest BCUT2D eigenvalue weighted by molar-refractivity contribution is 5.93. The van der Waals surface area contributed by atoms with Crippen molar-refractivity contribution in [1.82, 2.24) is 0 Å². The summed E-state index contributed by atoms with van der Waals surface area (Å²) < 4.78 is 5.52. The lowest BCUT2D eigenvalue weighted by molar-refractivity contribution is 0.242. The minimum absolute atomic E-state index is 0.00620. The molecule has 0 saturated heterocycles. The van der Waals surface area contributed by atoms with Gasteiger partial charge in [-0.15, -0.1) is 0 Å². The first-order valence-corrected chi connectivity index (χ1v) is 5.18. The quantitative estimate of drug-likeness (QED) is 0.528. The van der Waals surface area contributed by atoms with Gasteiger partial charge in [0.15, 0.2) is 5.96 Å². The summed E-state index contributed by atoms with van der Waals surface area (Å²) in [5.74, 6) is 0.603. The largest absolute Gasteiger partial charge is 0.491 e. The molecule has 6 nitrogen and oxygen atoms in total. The van der Waals surface area contributed by atoms with Crippen LogP contribution in [-0.4, -0.2) is 18.0 Å². The summed E-state index contributed by atoms with van der Waals surface area (Å²) in [5, 5.41) is 0. The molecule has 0 radical (unpaired) electrons. The molecule has 1 rings (SSSR count). The maximum absolute atomic E-state index is 5.52. The molecule has 0 amide bonds. The van der Waals surface area contributed by atoms with E-state index in [1.165, 1.54) is 0 Å². The van der Waals surface area contributed by atoms with E-state index < -0.39 is 0 Å². The van der Waals surface area contributed by atoms with Crippen molar-refractivity contribution in [3.05, 3.63) is 24.3 Å². The van der Waals surface area contributed by atoms with E-state index in [-0.39, 0.29) is 18.0 Å². The van der Waals surface area contributed by atoms with E-state index in [0.717, 1.165) is 5.75 Å². The summed E-state index contributed by atoms with van der Waals surface area (Å²) in [7, 11) is 0. The van der Waals surface area contributed by atoms with Crippen LogP contribution in [0.1, 0.15) is 13.8 Å². The molecule has 0 aliphatic rings. The van der Waals surface area contributed by atoms with Gasteiger partial charge in [0.2, 0.25) is 5.96 Å². The van der Waals surface area contributed by atoms with Crippen LogP contribution in [-0.2, 0) is 0 Å². The first kappa shape index (κ1) is 12.8. The fraction of sp³-hybridized carbons (Fsp3) is 0.273. The molecule has 0 fully saturated rings. The zero-order valence-corrected chi connectivity index (χ0v) is 9.92. The van der Waals surface area contributed by atoms with Gasteiger partial charge in [-0.25, -0.2) is 4.99 Å². The first-order valence-electron chi connectivity index (χ1n) is 5.18. The average Bonchev–Trinajstić information content (AvgIpc) is 2.14. The Morgan fingerprint density at radius 3 is 2.53 bits per heavy atom. The topological polar surface area (TPSA) is 112 Å². The minimum Gasteiger partial charge on any atom is -0.491 e. The number of benzene rings is 1. The molecule has 0 spiro atoms. The summed E-state index contributed by atoms with van der Waals surface area (Å²) in [5.41, 5.74) is 16.5. The van der Waals surface area contributed by atoms with Gasteiger partial charge in [0.1, 0.15) is 5.75 Å². The van der Waals surface area contributed by atoms with Crippen LogP contribution in [0.5, 0.6) is 5.75 Å². The Balaban J connectivity index is 2.88. The third-order valence-electron chi connectivity index (χ3n) is 1.68. The monoisotopic (exact) mass is 235 g/mol. The second-order valence-electron chi connectivity index (χ2n) is 3.67. The van der Waals surface area contributed by atoms with Crippen LogP contribution in [0.2, 0.25) is 0 Å². The van der Waals surface area contributed by atoms with Crippen molar-refractivity contribution >= 4 is 17.6 Å². The summed E-state index contributed by atoms with van der Waals surface area (Å²) in [6.07, 6.45) is 0.101. The zero-order valence-electron chi connectivity index (χ0n) is 9.92. The van der Waals surface area contributed by atoms with Gasteiger partial charge in [0.05, 0.1) is 11.8 Å². The Morgan fingerprint density at radius 1 is 1.24 bits per heavy atom. The summed E-state index contributed by atoms with van der Waals surface area (Å²) >= 11 is 0. The van der Waals surface area contributed by atoms with Crippen molar-refractivity contribution in [2.24, 2.45) is 27.2 Å². The molecule has 92 valence electrons. The minimum atomic E-state index is -0.124. The van der Waals surface area contributed by atoms with Crippen molar-refractivity contribution in [2.75, 3.05) is 0 Å². The van der Waals surface area contributed by atoms with Crippen molar-refractivity contribution in [3.8, 4) is 5.75 Å². The van der Waals surface area contributed by atoms with E-state index in [9.17, 15) is 0 Å².